The number of carboxylic acid groups (broad SMARTS) is 2. The summed E-state index contributed by atoms with van der Waals surface area (Å²) in [7, 11) is 0. The van der Waals surface area contributed by atoms with Crippen molar-refractivity contribution in [1.82, 2.24) is 0 Å². The number of rotatable bonds is 7. The van der Waals surface area contributed by atoms with Gasteiger partial charge < -0.3 is 10.2 Å². The first kappa shape index (κ1) is 14.7. The molecule has 0 aliphatic heterocycles. The Labute approximate surface area is 108 Å². The molecule has 1 fully saturated rings. The summed E-state index contributed by atoms with van der Waals surface area (Å²) in [5.74, 6) is -0.974. The summed E-state index contributed by atoms with van der Waals surface area (Å²) < 4.78 is 0. The van der Waals surface area contributed by atoms with Crippen molar-refractivity contribution in [1.29, 1.82) is 0 Å². The van der Waals surface area contributed by atoms with E-state index in [0.717, 1.165) is 12.0 Å². The highest BCUT2D eigenvalue weighted by atomic mass is 16.4. The van der Waals surface area contributed by atoms with Gasteiger partial charge in [-0.2, -0.15) is 0 Å². The van der Waals surface area contributed by atoms with Crippen molar-refractivity contribution in [2.45, 2.75) is 46.0 Å². The number of allylic oxidation sites excluding steroid dienone is 1. The lowest BCUT2D eigenvalue weighted by Crippen LogP contribution is -2.44. The molecule has 4 heteroatoms. The second kappa shape index (κ2) is 5.55. The summed E-state index contributed by atoms with van der Waals surface area (Å²) in [6.07, 6.45) is 2.42. The van der Waals surface area contributed by atoms with E-state index in [1.807, 2.05) is 0 Å². The number of hydrogen-bond donors (Lipinski definition) is 2. The molecule has 1 aliphatic rings. The van der Waals surface area contributed by atoms with Crippen LogP contribution in [-0.4, -0.2) is 22.2 Å². The van der Waals surface area contributed by atoms with Gasteiger partial charge in [0, 0.05) is 12.8 Å². The molecule has 18 heavy (non-hydrogen) atoms. The minimum Gasteiger partial charge on any atom is -0.481 e. The average molecular weight is 254 g/mol. The Morgan fingerprint density at radius 1 is 1.17 bits per heavy atom. The van der Waals surface area contributed by atoms with Crippen LogP contribution in [0.5, 0.6) is 0 Å². The van der Waals surface area contributed by atoms with Gasteiger partial charge in [-0.1, -0.05) is 26.0 Å². The second-order valence-electron chi connectivity index (χ2n) is 5.89. The van der Waals surface area contributed by atoms with E-state index >= 15 is 0 Å². The van der Waals surface area contributed by atoms with Gasteiger partial charge in [-0.3, -0.25) is 9.59 Å². The lowest BCUT2D eigenvalue weighted by Gasteiger charge is -2.53. The van der Waals surface area contributed by atoms with Crippen molar-refractivity contribution < 1.29 is 19.8 Å². The van der Waals surface area contributed by atoms with Crippen molar-refractivity contribution in [3.8, 4) is 0 Å². The largest absolute Gasteiger partial charge is 0.481 e. The fourth-order valence-electron chi connectivity index (χ4n) is 3.00. The van der Waals surface area contributed by atoms with Crippen molar-refractivity contribution in [2.75, 3.05) is 0 Å². The van der Waals surface area contributed by atoms with E-state index in [2.05, 4.69) is 20.4 Å². The molecule has 0 heterocycles. The molecular weight excluding hydrogens is 232 g/mol. The molecule has 0 radical (unpaired) electrons. The zero-order valence-electron chi connectivity index (χ0n) is 11.1. The van der Waals surface area contributed by atoms with Crippen molar-refractivity contribution >= 4 is 11.9 Å². The number of carbonyl (C=O) groups is 2. The van der Waals surface area contributed by atoms with Crippen LogP contribution in [0, 0.1) is 17.3 Å². The Kier molecular flexibility index (Phi) is 4.54. The summed E-state index contributed by atoms with van der Waals surface area (Å²) in [6.45, 7) is 8.26. The van der Waals surface area contributed by atoms with E-state index in [9.17, 15) is 9.59 Å². The molecule has 0 aromatic heterocycles. The molecule has 0 spiro atoms. The maximum absolute atomic E-state index is 10.6. The Balaban J connectivity index is 2.52. The maximum atomic E-state index is 10.6. The maximum Gasteiger partial charge on any atom is 0.303 e. The van der Waals surface area contributed by atoms with Crippen LogP contribution in [0.25, 0.3) is 0 Å². The second-order valence-corrected chi connectivity index (χ2v) is 5.89. The average Bonchev–Trinajstić information content (AvgIpc) is 2.22. The van der Waals surface area contributed by atoms with Gasteiger partial charge in [0.1, 0.15) is 0 Å². The normalized spacial score (nSPS) is 25.2. The Hall–Kier alpha value is -1.32. The van der Waals surface area contributed by atoms with Gasteiger partial charge >= 0.3 is 11.9 Å². The molecular formula is C14H22O4. The first-order valence-electron chi connectivity index (χ1n) is 6.35. The first-order valence-corrected chi connectivity index (χ1v) is 6.35. The molecule has 2 N–H and O–H groups in total. The number of hydrogen-bond acceptors (Lipinski definition) is 2. The van der Waals surface area contributed by atoms with Gasteiger partial charge in [-0.15, -0.1) is 0 Å². The minimum atomic E-state index is -0.809. The third kappa shape index (κ3) is 3.59. The summed E-state index contributed by atoms with van der Waals surface area (Å²) in [5, 5.41) is 17.4. The number of aliphatic carboxylic acids is 2. The predicted octanol–water partition coefficient (Wildman–Crippen LogP) is 2.93. The van der Waals surface area contributed by atoms with Gasteiger partial charge in [-0.05, 0) is 36.5 Å². The van der Waals surface area contributed by atoms with Crippen molar-refractivity contribution in [3.05, 3.63) is 12.2 Å². The lowest BCUT2D eigenvalue weighted by atomic mass is 9.52. The van der Waals surface area contributed by atoms with E-state index in [1.165, 1.54) is 0 Å². The van der Waals surface area contributed by atoms with E-state index < -0.39 is 11.9 Å². The van der Waals surface area contributed by atoms with Gasteiger partial charge in [0.2, 0.25) is 0 Å². The van der Waals surface area contributed by atoms with Crippen molar-refractivity contribution in [2.24, 2.45) is 17.3 Å². The highest BCUT2D eigenvalue weighted by Gasteiger charge is 2.47. The monoisotopic (exact) mass is 254 g/mol. The van der Waals surface area contributed by atoms with E-state index in [0.29, 0.717) is 24.7 Å². The molecule has 0 bridgehead atoms. The molecule has 0 unspecified atom stereocenters. The molecule has 1 saturated carbocycles. The summed E-state index contributed by atoms with van der Waals surface area (Å²) in [4.78, 5) is 21.2. The minimum absolute atomic E-state index is 0.113. The Morgan fingerprint density at radius 2 is 1.72 bits per heavy atom. The molecule has 0 amide bonds. The Morgan fingerprint density at radius 3 is 2.17 bits per heavy atom. The van der Waals surface area contributed by atoms with Gasteiger partial charge in [-0.25, -0.2) is 0 Å². The van der Waals surface area contributed by atoms with E-state index in [4.69, 9.17) is 10.2 Å². The van der Waals surface area contributed by atoms with Crippen molar-refractivity contribution in [3.63, 3.8) is 0 Å². The smallest absolute Gasteiger partial charge is 0.303 e. The van der Waals surface area contributed by atoms with Crippen LogP contribution in [0.1, 0.15) is 46.0 Å². The molecule has 1 aliphatic carbocycles. The van der Waals surface area contributed by atoms with Crippen LogP contribution in [0.3, 0.4) is 0 Å². The molecule has 102 valence electrons. The molecule has 2 atom stereocenters. The third-order valence-corrected chi connectivity index (χ3v) is 4.09. The van der Waals surface area contributed by atoms with E-state index in [-0.39, 0.29) is 18.3 Å². The lowest BCUT2D eigenvalue weighted by molar-refractivity contribution is -0.138. The molecule has 1 rings (SSSR count). The summed E-state index contributed by atoms with van der Waals surface area (Å²) in [5.41, 5.74) is 1.11. The highest BCUT2D eigenvalue weighted by Crippen LogP contribution is 2.55. The topological polar surface area (TPSA) is 74.6 Å². The SMILES string of the molecule is C=C(CCC(=O)O)[C@H]1CC(C)(C)[C@@H]1CCC(=O)O. The molecule has 0 saturated heterocycles. The van der Waals surface area contributed by atoms with Crippen LogP contribution in [0.2, 0.25) is 0 Å². The number of carboxylic acids is 2. The zero-order chi connectivity index (χ0) is 13.9. The zero-order valence-corrected chi connectivity index (χ0v) is 11.1. The molecule has 4 nitrogen and oxygen atoms in total. The van der Waals surface area contributed by atoms with E-state index in [1.54, 1.807) is 0 Å². The fraction of sp³-hybridized carbons (Fsp3) is 0.714. The van der Waals surface area contributed by atoms with Gasteiger partial charge in [0.05, 0.1) is 0 Å². The van der Waals surface area contributed by atoms with Crippen LogP contribution in [-0.2, 0) is 9.59 Å². The fourth-order valence-corrected chi connectivity index (χ4v) is 3.00. The van der Waals surface area contributed by atoms with Crippen LogP contribution >= 0.6 is 0 Å². The van der Waals surface area contributed by atoms with Crippen LogP contribution < -0.4 is 0 Å². The Bertz CT molecular complexity index is 357. The third-order valence-electron chi connectivity index (χ3n) is 4.09. The predicted molar refractivity (Wildman–Crippen MR) is 68.3 cm³/mol. The summed E-state index contributed by atoms with van der Waals surface area (Å²) in [6, 6.07) is 0. The van der Waals surface area contributed by atoms with Gasteiger partial charge in [0.15, 0.2) is 0 Å². The molecule has 0 aromatic rings. The highest BCUT2D eigenvalue weighted by molar-refractivity contribution is 5.67. The van der Waals surface area contributed by atoms with Crippen LogP contribution in [0.15, 0.2) is 12.2 Å². The quantitative estimate of drug-likeness (QED) is 0.685. The standard InChI is InChI=1S/C14H22O4/c1-9(4-6-12(15)16)10-8-14(2,3)11(10)5-7-13(17)18/h10-11H,1,4-8H2,2-3H3,(H,15,16)(H,17,18)/t10-,11-/m1/s1. The van der Waals surface area contributed by atoms with Gasteiger partial charge in [0.25, 0.3) is 0 Å². The van der Waals surface area contributed by atoms with Crippen LogP contribution in [0.4, 0.5) is 0 Å². The molecule has 0 aromatic carbocycles. The first-order chi connectivity index (χ1) is 8.24. The summed E-state index contributed by atoms with van der Waals surface area (Å²) >= 11 is 0.